The number of nitrogens with one attached hydrogen (secondary N) is 1. The average Bonchev–Trinajstić information content (AvgIpc) is 2.59. The fraction of sp³-hybridized carbons (Fsp3) is 0.308. The highest BCUT2D eigenvalue weighted by atomic mass is 16.1. The summed E-state index contributed by atoms with van der Waals surface area (Å²) in [6, 6.07) is 6.33. The van der Waals surface area contributed by atoms with Crippen LogP contribution < -0.4 is 0 Å². The molecule has 0 saturated heterocycles. The Labute approximate surface area is 88.3 Å². The number of carbonyl (C=O) groups is 1. The molecular weight excluding hydrogens is 186 g/mol. The van der Waals surface area contributed by atoms with E-state index < -0.39 is 0 Å². The van der Waals surface area contributed by atoms with Gasteiger partial charge in [0.1, 0.15) is 5.78 Å². The molecular formula is C13H13NO. The highest BCUT2D eigenvalue weighted by Crippen LogP contribution is 2.37. The van der Waals surface area contributed by atoms with Gasteiger partial charge in [-0.15, -0.1) is 0 Å². The van der Waals surface area contributed by atoms with E-state index in [1.54, 1.807) is 0 Å². The Morgan fingerprint density at radius 3 is 2.93 bits per heavy atom. The lowest BCUT2D eigenvalue weighted by atomic mass is 9.78. The molecule has 0 radical (unpaired) electrons. The fourth-order valence-electron chi connectivity index (χ4n) is 2.28. The molecule has 0 bridgehead atoms. The molecule has 2 heteroatoms. The van der Waals surface area contributed by atoms with Crippen molar-refractivity contribution >= 4 is 16.7 Å². The van der Waals surface area contributed by atoms with Gasteiger partial charge < -0.3 is 4.98 Å². The van der Waals surface area contributed by atoms with Crippen molar-refractivity contribution in [3.63, 3.8) is 0 Å². The highest BCUT2D eigenvalue weighted by Gasteiger charge is 2.31. The number of fused-ring (bicyclic) bond motifs is 1. The van der Waals surface area contributed by atoms with E-state index in [1.165, 1.54) is 16.5 Å². The van der Waals surface area contributed by atoms with E-state index in [-0.39, 0.29) is 5.92 Å². The van der Waals surface area contributed by atoms with Gasteiger partial charge in [0.15, 0.2) is 0 Å². The van der Waals surface area contributed by atoms with Crippen molar-refractivity contribution in [1.29, 1.82) is 0 Å². The van der Waals surface area contributed by atoms with Gasteiger partial charge in [-0.25, -0.2) is 0 Å². The Morgan fingerprint density at radius 2 is 2.27 bits per heavy atom. The first-order chi connectivity index (χ1) is 7.25. The Morgan fingerprint density at radius 1 is 1.40 bits per heavy atom. The topological polar surface area (TPSA) is 32.9 Å². The number of rotatable bonds is 1. The smallest absolute Gasteiger partial charge is 0.140 e. The molecule has 1 aromatic carbocycles. The quantitative estimate of drug-likeness (QED) is 0.752. The molecule has 15 heavy (non-hydrogen) atoms. The first-order valence-electron chi connectivity index (χ1n) is 5.36. The maximum Gasteiger partial charge on any atom is 0.140 e. The zero-order valence-electron chi connectivity index (χ0n) is 8.71. The van der Waals surface area contributed by atoms with Crippen LogP contribution in [0.2, 0.25) is 0 Å². The lowest BCUT2D eigenvalue weighted by Crippen LogP contribution is -2.22. The molecule has 1 N–H and O–H groups in total. The maximum absolute atomic E-state index is 11.4. The number of ketones is 1. The van der Waals surface area contributed by atoms with Gasteiger partial charge >= 0.3 is 0 Å². The van der Waals surface area contributed by atoms with Crippen LogP contribution >= 0.6 is 0 Å². The van der Waals surface area contributed by atoms with E-state index in [0.29, 0.717) is 5.78 Å². The van der Waals surface area contributed by atoms with Crippen molar-refractivity contribution in [2.45, 2.75) is 25.7 Å². The first kappa shape index (κ1) is 8.72. The monoisotopic (exact) mass is 199 g/mol. The van der Waals surface area contributed by atoms with Gasteiger partial charge in [-0.3, -0.25) is 4.79 Å². The number of hydrogen-bond donors (Lipinski definition) is 1. The lowest BCUT2D eigenvalue weighted by Gasteiger charge is -2.23. The third-order valence-corrected chi connectivity index (χ3v) is 3.31. The number of H-pyrrole nitrogens is 1. The van der Waals surface area contributed by atoms with Gasteiger partial charge in [0.25, 0.3) is 0 Å². The van der Waals surface area contributed by atoms with Crippen LogP contribution in [0.4, 0.5) is 0 Å². The molecule has 0 aliphatic heterocycles. The van der Waals surface area contributed by atoms with Crippen molar-refractivity contribution in [3.05, 3.63) is 35.5 Å². The highest BCUT2D eigenvalue weighted by molar-refractivity contribution is 5.96. The molecule has 1 saturated carbocycles. The molecule has 2 nitrogen and oxygen atoms in total. The Bertz CT molecular complexity index is 538. The van der Waals surface area contributed by atoms with E-state index >= 15 is 0 Å². The number of aromatic nitrogens is 1. The lowest BCUT2D eigenvalue weighted by molar-refractivity contribution is -0.125. The minimum atomic E-state index is 0.153. The number of aromatic amines is 1. The second-order valence-corrected chi connectivity index (χ2v) is 4.35. The van der Waals surface area contributed by atoms with Crippen molar-refractivity contribution in [2.75, 3.05) is 0 Å². The summed E-state index contributed by atoms with van der Waals surface area (Å²) in [5.41, 5.74) is 3.57. The van der Waals surface area contributed by atoms with Crippen LogP contribution in [0.1, 0.15) is 29.9 Å². The predicted molar refractivity (Wildman–Crippen MR) is 60.0 cm³/mol. The number of aryl methyl sites for hydroxylation is 1. The van der Waals surface area contributed by atoms with Gasteiger partial charge in [0.05, 0.1) is 0 Å². The fourth-order valence-corrected chi connectivity index (χ4v) is 2.28. The normalized spacial score (nSPS) is 20.6. The molecule has 76 valence electrons. The van der Waals surface area contributed by atoms with Crippen LogP contribution in [-0.2, 0) is 4.79 Å². The van der Waals surface area contributed by atoms with Crippen molar-refractivity contribution in [1.82, 2.24) is 4.98 Å². The Kier molecular flexibility index (Phi) is 1.72. The second-order valence-electron chi connectivity index (χ2n) is 4.35. The zero-order chi connectivity index (χ0) is 10.4. The van der Waals surface area contributed by atoms with Crippen LogP contribution in [0.25, 0.3) is 10.9 Å². The maximum atomic E-state index is 11.4. The van der Waals surface area contributed by atoms with E-state index in [9.17, 15) is 4.79 Å². The van der Waals surface area contributed by atoms with E-state index in [4.69, 9.17) is 0 Å². The summed E-state index contributed by atoms with van der Waals surface area (Å²) in [6.07, 6.45) is 3.76. The summed E-state index contributed by atoms with van der Waals surface area (Å²) in [6.45, 7) is 2.08. The van der Waals surface area contributed by atoms with Gasteiger partial charge in [0.2, 0.25) is 0 Å². The van der Waals surface area contributed by atoms with E-state index in [2.05, 4.69) is 30.1 Å². The van der Waals surface area contributed by atoms with Crippen LogP contribution in [0, 0.1) is 6.92 Å². The molecule has 0 amide bonds. The summed E-state index contributed by atoms with van der Waals surface area (Å²) in [4.78, 5) is 14.7. The number of Topliss-reactive ketones (excluding diaryl/α,β-unsaturated/α-hetero) is 1. The molecule has 1 fully saturated rings. The summed E-state index contributed by atoms with van der Waals surface area (Å²) >= 11 is 0. The van der Waals surface area contributed by atoms with Crippen molar-refractivity contribution in [2.24, 2.45) is 0 Å². The summed E-state index contributed by atoms with van der Waals surface area (Å²) < 4.78 is 0. The third kappa shape index (κ3) is 1.21. The van der Waals surface area contributed by atoms with Gasteiger partial charge in [-0.1, -0.05) is 11.6 Å². The summed E-state index contributed by atoms with van der Waals surface area (Å²) in [7, 11) is 0. The van der Waals surface area contributed by atoms with Crippen LogP contribution in [0.3, 0.4) is 0 Å². The first-order valence-corrected chi connectivity index (χ1v) is 5.36. The molecule has 1 atom stereocenters. The van der Waals surface area contributed by atoms with Gasteiger partial charge in [-0.05, 0) is 31.0 Å². The second kappa shape index (κ2) is 2.96. The SMILES string of the molecule is Cc1ccc2[nH]cc(C3CCC3=O)c2c1. The number of carbonyl (C=O) groups excluding carboxylic acids is 1. The van der Waals surface area contributed by atoms with Crippen LogP contribution in [0.5, 0.6) is 0 Å². The molecule has 1 aromatic heterocycles. The van der Waals surface area contributed by atoms with E-state index in [0.717, 1.165) is 18.4 Å². The molecule has 3 rings (SSSR count). The average molecular weight is 199 g/mol. The minimum absolute atomic E-state index is 0.153. The van der Waals surface area contributed by atoms with Crippen LogP contribution in [-0.4, -0.2) is 10.8 Å². The van der Waals surface area contributed by atoms with Gasteiger partial charge in [-0.2, -0.15) is 0 Å². The summed E-state index contributed by atoms with van der Waals surface area (Å²) in [5, 5.41) is 1.22. The molecule has 0 spiro atoms. The number of hydrogen-bond acceptors (Lipinski definition) is 1. The standard InChI is InChI=1S/C13H13NO/c1-8-2-4-12-10(6-8)11(7-14-12)9-3-5-13(9)15/h2,4,6-7,9,14H,3,5H2,1H3. The van der Waals surface area contributed by atoms with E-state index in [1.807, 2.05) is 6.20 Å². The molecule has 1 heterocycles. The largest absolute Gasteiger partial charge is 0.361 e. The molecule has 1 aliphatic rings. The number of benzene rings is 1. The van der Waals surface area contributed by atoms with Crippen LogP contribution in [0.15, 0.2) is 24.4 Å². The summed E-state index contributed by atoms with van der Waals surface area (Å²) in [5.74, 6) is 0.540. The van der Waals surface area contributed by atoms with Gasteiger partial charge in [0, 0.05) is 29.4 Å². The Balaban J connectivity index is 2.18. The predicted octanol–water partition coefficient (Wildman–Crippen LogP) is 2.92. The zero-order valence-corrected chi connectivity index (χ0v) is 8.71. The van der Waals surface area contributed by atoms with Crippen molar-refractivity contribution < 1.29 is 4.79 Å². The minimum Gasteiger partial charge on any atom is -0.361 e. The van der Waals surface area contributed by atoms with Crippen molar-refractivity contribution in [3.8, 4) is 0 Å². The third-order valence-electron chi connectivity index (χ3n) is 3.31. The Hall–Kier alpha value is -1.57. The molecule has 1 aliphatic carbocycles. The molecule has 2 aromatic rings. The molecule has 1 unspecified atom stereocenters.